The van der Waals surface area contributed by atoms with E-state index in [4.69, 9.17) is 5.11 Å². The fraction of sp³-hybridized carbons (Fsp3) is 0.250. The number of alkyl halides is 2. The molecule has 0 saturated heterocycles. The van der Waals surface area contributed by atoms with E-state index in [-0.39, 0.29) is 11.3 Å². The molecule has 0 bridgehead atoms. The van der Waals surface area contributed by atoms with E-state index < -0.39 is 6.43 Å². The van der Waals surface area contributed by atoms with Gasteiger partial charge in [0.1, 0.15) is 5.75 Å². The highest BCUT2D eigenvalue weighted by atomic mass is 19.3. The number of hydrogen-bond donors (Lipinski definition) is 1. The number of aryl methyl sites for hydroxylation is 1. The number of rotatable bonds is 1. The van der Waals surface area contributed by atoms with Gasteiger partial charge in [-0.05, 0) is 24.6 Å². The van der Waals surface area contributed by atoms with E-state index in [0.29, 0.717) is 5.56 Å². The molecule has 0 aliphatic carbocycles. The lowest BCUT2D eigenvalue weighted by Gasteiger charge is -2.01. The summed E-state index contributed by atoms with van der Waals surface area (Å²) in [4.78, 5) is 0. The van der Waals surface area contributed by atoms with Crippen molar-refractivity contribution in [3.8, 4) is 5.75 Å². The molecular formula is C8H8F2O. The first-order valence-electron chi connectivity index (χ1n) is 3.18. The lowest BCUT2D eigenvalue weighted by molar-refractivity contribution is 0.151. The highest BCUT2D eigenvalue weighted by molar-refractivity contribution is 5.33. The van der Waals surface area contributed by atoms with E-state index in [0.717, 1.165) is 6.07 Å². The monoisotopic (exact) mass is 158 g/mol. The molecule has 0 atom stereocenters. The SMILES string of the molecule is Cc1cc(O)cc(C(F)F)c1. The standard InChI is InChI=1S/C8H8F2O/c1-5-2-6(8(9)10)4-7(11)3-5/h2-4,8,11H,1H3. The maximum atomic E-state index is 12.0. The number of aromatic hydroxyl groups is 1. The van der Waals surface area contributed by atoms with Crippen molar-refractivity contribution in [3.05, 3.63) is 29.3 Å². The van der Waals surface area contributed by atoms with Crippen molar-refractivity contribution in [1.82, 2.24) is 0 Å². The van der Waals surface area contributed by atoms with Crippen LogP contribution in [0, 0.1) is 6.92 Å². The van der Waals surface area contributed by atoms with Gasteiger partial charge in [-0.15, -0.1) is 0 Å². The number of phenolic OH excluding ortho intramolecular Hbond substituents is 1. The summed E-state index contributed by atoms with van der Waals surface area (Å²) in [5.41, 5.74) is 0.503. The Bertz CT molecular complexity index is 238. The predicted octanol–water partition coefficient (Wildman–Crippen LogP) is 2.64. The van der Waals surface area contributed by atoms with Crippen LogP contribution in [0.3, 0.4) is 0 Å². The van der Waals surface area contributed by atoms with Crippen LogP contribution in [0.4, 0.5) is 8.78 Å². The van der Waals surface area contributed by atoms with E-state index in [1.807, 2.05) is 0 Å². The average Bonchev–Trinajstić information content (AvgIpc) is 1.85. The van der Waals surface area contributed by atoms with Crippen molar-refractivity contribution < 1.29 is 13.9 Å². The summed E-state index contributed by atoms with van der Waals surface area (Å²) < 4.78 is 24.0. The largest absolute Gasteiger partial charge is 0.508 e. The Labute approximate surface area is 63.3 Å². The van der Waals surface area contributed by atoms with Crippen LogP contribution in [0.1, 0.15) is 17.6 Å². The molecular weight excluding hydrogens is 150 g/mol. The molecule has 1 rings (SSSR count). The molecule has 1 aromatic carbocycles. The maximum Gasteiger partial charge on any atom is 0.263 e. The summed E-state index contributed by atoms with van der Waals surface area (Å²) in [5.74, 6) is -0.111. The number of phenols is 1. The third-order valence-corrected chi connectivity index (χ3v) is 1.34. The van der Waals surface area contributed by atoms with Crippen LogP contribution in [-0.2, 0) is 0 Å². The van der Waals surface area contributed by atoms with Crippen LogP contribution in [0.25, 0.3) is 0 Å². The Hall–Kier alpha value is -1.12. The van der Waals surface area contributed by atoms with Crippen LogP contribution >= 0.6 is 0 Å². The first-order valence-corrected chi connectivity index (χ1v) is 3.18. The smallest absolute Gasteiger partial charge is 0.263 e. The van der Waals surface area contributed by atoms with E-state index in [1.54, 1.807) is 6.92 Å². The summed E-state index contributed by atoms with van der Waals surface area (Å²) in [7, 11) is 0. The molecule has 0 amide bonds. The van der Waals surface area contributed by atoms with E-state index in [2.05, 4.69) is 0 Å². The maximum absolute atomic E-state index is 12.0. The zero-order valence-corrected chi connectivity index (χ0v) is 6.01. The van der Waals surface area contributed by atoms with Gasteiger partial charge in [-0.25, -0.2) is 8.78 Å². The molecule has 60 valence electrons. The minimum absolute atomic E-state index is 0.111. The molecule has 1 aromatic rings. The van der Waals surface area contributed by atoms with Crippen molar-refractivity contribution in [1.29, 1.82) is 0 Å². The lowest BCUT2D eigenvalue weighted by Crippen LogP contribution is -1.84. The molecule has 0 spiro atoms. The molecule has 0 aliphatic heterocycles. The van der Waals surface area contributed by atoms with Gasteiger partial charge >= 0.3 is 0 Å². The van der Waals surface area contributed by atoms with Crippen molar-refractivity contribution in [2.24, 2.45) is 0 Å². The molecule has 0 unspecified atom stereocenters. The molecule has 11 heavy (non-hydrogen) atoms. The van der Waals surface area contributed by atoms with Crippen LogP contribution < -0.4 is 0 Å². The third kappa shape index (κ3) is 1.90. The fourth-order valence-electron chi connectivity index (χ4n) is 0.918. The van der Waals surface area contributed by atoms with Gasteiger partial charge in [0, 0.05) is 5.56 Å². The quantitative estimate of drug-likeness (QED) is 0.666. The van der Waals surface area contributed by atoms with Gasteiger partial charge in [0.05, 0.1) is 0 Å². The summed E-state index contributed by atoms with van der Waals surface area (Å²) in [5, 5.41) is 8.91. The Morgan fingerprint density at radius 3 is 2.36 bits per heavy atom. The second-order valence-corrected chi connectivity index (χ2v) is 2.40. The van der Waals surface area contributed by atoms with Crippen LogP contribution in [-0.4, -0.2) is 5.11 Å². The average molecular weight is 158 g/mol. The summed E-state index contributed by atoms with van der Waals surface area (Å²) in [6.45, 7) is 1.66. The van der Waals surface area contributed by atoms with Gasteiger partial charge in [-0.2, -0.15) is 0 Å². The van der Waals surface area contributed by atoms with Crippen molar-refractivity contribution >= 4 is 0 Å². The zero-order chi connectivity index (χ0) is 8.43. The second kappa shape index (κ2) is 2.86. The van der Waals surface area contributed by atoms with Gasteiger partial charge in [0.2, 0.25) is 0 Å². The van der Waals surface area contributed by atoms with Crippen LogP contribution in [0.2, 0.25) is 0 Å². The highest BCUT2D eigenvalue weighted by Gasteiger charge is 2.07. The number of hydrogen-bond acceptors (Lipinski definition) is 1. The summed E-state index contributed by atoms with van der Waals surface area (Å²) in [6, 6.07) is 3.86. The first-order chi connectivity index (χ1) is 5.09. The van der Waals surface area contributed by atoms with Crippen molar-refractivity contribution in [3.63, 3.8) is 0 Å². The molecule has 0 fully saturated rings. The van der Waals surface area contributed by atoms with Gasteiger partial charge in [-0.1, -0.05) is 6.07 Å². The van der Waals surface area contributed by atoms with Gasteiger partial charge in [0.15, 0.2) is 0 Å². The minimum atomic E-state index is -2.51. The fourth-order valence-corrected chi connectivity index (χ4v) is 0.918. The van der Waals surface area contributed by atoms with Crippen molar-refractivity contribution in [2.75, 3.05) is 0 Å². The van der Waals surface area contributed by atoms with Gasteiger partial charge in [0.25, 0.3) is 6.43 Å². The van der Waals surface area contributed by atoms with E-state index in [9.17, 15) is 8.78 Å². The Morgan fingerprint density at radius 2 is 1.91 bits per heavy atom. The Kier molecular flexibility index (Phi) is 2.08. The third-order valence-electron chi connectivity index (χ3n) is 1.34. The molecule has 0 aromatic heterocycles. The normalized spacial score (nSPS) is 10.5. The number of halogens is 2. The Morgan fingerprint density at radius 1 is 1.27 bits per heavy atom. The highest BCUT2D eigenvalue weighted by Crippen LogP contribution is 2.23. The molecule has 1 N–H and O–H groups in total. The first kappa shape index (κ1) is 7.98. The molecule has 0 radical (unpaired) electrons. The van der Waals surface area contributed by atoms with Crippen molar-refractivity contribution in [2.45, 2.75) is 13.3 Å². The predicted molar refractivity (Wildman–Crippen MR) is 37.8 cm³/mol. The molecule has 1 nitrogen and oxygen atoms in total. The zero-order valence-electron chi connectivity index (χ0n) is 6.01. The molecule has 3 heteroatoms. The summed E-state index contributed by atoms with van der Waals surface area (Å²) >= 11 is 0. The molecule has 0 saturated carbocycles. The lowest BCUT2D eigenvalue weighted by atomic mass is 10.1. The van der Waals surface area contributed by atoms with Crippen LogP contribution in [0.5, 0.6) is 5.75 Å². The van der Waals surface area contributed by atoms with Gasteiger partial charge in [-0.3, -0.25) is 0 Å². The second-order valence-electron chi connectivity index (χ2n) is 2.40. The number of benzene rings is 1. The summed E-state index contributed by atoms with van der Waals surface area (Å²) in [6.07, 6.45) is -2.51. The van der Waals surface area contributed by atoms with Gasteiger partial charge < -0.3 is 5.11 Å². The Balaban J connectivity index is 3.08. The van der Waals surface area contributed by atoms with E-state index >= 15 is 0 Å². The molecule has 0 aliphatic rings. The molecule has 0 heterocycles. The minimum Gasteiger partial charge on any atom is -0.508 e. The van der Waals surface area contributed by atoms with E-state index in [1.165, 1.54) is 12.1 Å². The topological polar surface area (TPSA) is 20.2 Å². The van der Waals surface area contributed by atoms with Crippen LogP contribution in [0.15, 0.2) is 18.2 Å².